The highest BCUT2D eigenvalue weighted by Crippen LogP contribution is 2.53. The van der Waals surface area contributed by atoms with Crippen molar-refractivity contribution in [3.05, 3.63) is 113 Å². The molecule has 4 rings (SSSR count). The number of benzene rings is 2. The Kier molecular flexibility index (Phi) is 7.09. The first kappa shape index (κ1) is 23.0. The van der Waals surface area contributed by atoms with Crippen molar-refractivity contribution in [2.75, 3.05) is 13.2 Å². The Labute approximate surface area is 197 Å². The summed E-state index contributed by atoms with van der Waals surface area (Å²) in [6.45, 7) is 21.1. The van der Waals surface area contributed by atoms with Crippen LogP contribution in [0.1, 0.15) is 42.7 Å². The molecule has 0 bridgehead atoms. The molecule has 1 aliphatic heterocycles. The number of ether oxygens (including phenoxy) is 2. The Morgan fingerprint density at radius 3 is 2.27 bits per heavy atom. The van der Waals surface area contributed by atoms with Crippen molar-refractivity contribution in [2.24, 2.45) is 11.8 Å². The first-order chi connectivity index (χ1) is 16.2. The van der Waals surface area contributed by atoms with E-state index in [1.807, 2.05) is 24.3 Å². The number of rotatable bonds is 7. The van der Waals surface area contributed by atoms with Gasteiger partial charge in [0.2, 0.25) is 0 Å². The largest absolute Gasteiger partial charge is 0.488 e. The standard InChI is InChI=1S/C29H30N2O2/c1-4-18-29(30-2,31-3)27-17-19-28(32-20-21-33-28)22-26(27)25(24-13-9-6-10-14-24)16-15-23-11-7-5-8-12-23/h4-16,25-27H,1,17-22H2/b16-15+/t25-,26-,27?/m0/s1. The van der Waals surface area contributed by atoms with Crippen LogP contribution in [0.2, 0.25) is 0 Å². The van der Waals surface area contributed by atoms with Crippen molar-refractivity contribution in [3.63, 3.8) is 0 Å². The molecule has 4 nitrogen and oxygen atoms in total. The van der Waals surface area contributed by atoms with Crippen molar-refractivity contribution in [1.29, 1.82) is 0 Å². The van der Waals surface area contributed by atoms with Crippen LogP contribution in [0.25, 0.3) is 15.8 Å². The van der Waals surface area contributed by atoms with E-state index >= 15 is 0 Å². The first-order valence-electron chi connectivity index (χ1n) is 11.6. The van der Waals surface area contributed by atoms with Crippen LogP contribution < -0.4 is 0 Å². The lowest BCUT2D eigenvalue weighted by atomic mass is 9.63. The summed E-state index contributed by atoms with van der Waals surface area (Å²) in [5, 5.41) is 0. The molecule has 4 heteroatoms. The van der Waals surface area contributed by atoms with Crippen LogP contribution in [0.4, 0.5) is 0 Å². The molecule has 0 radical (unpaired) electrons. The predicted molar refractivity (Wildman–Crippen MR) is 131 cm³/mol. The number of hydrogen-bond donors (Lipinski definition) is 0. The minimum Gasteiger partial charge on any atom is -0.348 e. The molecule has 0 aromatic heterocycles. The molecule has 0 N–H and O–H groups in total. The molecule has 0 amide bonds. The maximum absolute atomic E-state index is 8.00. The molecule has 168 valence electrons. The Balaban J connectivity index is 1.79. The molecule has 1 saturated heterocycles. The van der Waals surface area contributed by atoms with Gasteiger partial charge in [0.05, 0.1) is 13.2 Å². The van der Waals surface area contributed by atoms with Gasteiger partial charge in [-0.2, -0.15) is 0 Å². The second kappa shape index (κ2) is 10.2. The lowest BCUT2D eigenvalue weighted by Crippen LogP contribution is -2.48. The summed E-state index contributed by atoms with van der Waals surface area (Å²) in [5.74, 6) is -0.690. The zero-order chi connectivity index (χ0) is 23.2. The summed E-state index contributed by atoms with van der Waals surface area (Å²) in [6.07, 6.45) is 8.56. The smallest absolute Gasteiger partial charge is 0.348 e. The quantitative estimate of drug-likeness (QED) is 0.353. The molecular formula is C29H30N2O2. The summed E-state index contributed by atoms with van der Waals surface area (Å²) in [6, 6.07) is 20.6. The van der Waals surface area contributed by atoms with Crippen LogP contribution in [-0.2, 0) is 9.47 Å². The Bertz CT molecular complexity index is 1030. The highest BCUT2D eigenvalue weighted by atomic mass is 16.7. The molecule has 1 spiro atoms. The van der Waals surface area contributed by atoms with Crippen LogP contribution in [0, 0.1) is 25.0 Å². The molecule has 2 fully saturated rings. The fourth-order valence-corrected chi connectivity index (χ4v) is 5.50. The van der Waals surface area contributed by atoms with Gasteiger partial charge >= 0.3 is 5.66 Å². The number of hydrogen-bond acceptors (Lipinski definition) is 2. The molecule has 1 unspecified atom stereocenters. The molecule has 2 aromatic rings. The lowest BCUT2D eigenvalue weighted by molar-refractivity contribution is -0.198. The SMILES string of the molecule is [C-]#[N+]C(CC=C)([N+]#[C-])C1CCC2(C[C@H]1[C@@H](/C=C/c1ccccc1)c1ccccc1)OCCO2. The molecular weight excluding hydrogens is 408 g/mol. The molecule has 1 saturated carbocycles. The van der Waals surface area contributed by atoms with Gasteiger partial charge in [-0.1, -0.05) is 78.9 Å². The van der Waals surface area contributed by atoms with Crippen molar-refractivity contribution < 1.29 is 9.47 Å². The maximum Gasteiger partial charge on any atom is 0.488 e. The summed E-state index contributed by atoms with van der Waals surface area (Å²) in [5.41, 5.74) is 1.15. The van der Waals surface area contributed by atoms with E-state index in [1.165, 1.54) is 5.56 Å². The average Bonchev–Trinajstić information content (AvgIpc) is 3.32. The van der Waals surface area contributed by atoms with Gasteiger partial charge < -0.3 is 9.47 Å². The average molecular weight is 439 g/mol. The topological polar surface area (TPSA) is 27.2 Å². The van der Waals surface area contributed by atoms with Gasteiger partial charge in [-0.3, -0.25) is 0 Å². The molecule has 1 aliphatic carbocycles. The highest BCUT2D eigenvalue weighted by molar-refractivity contribution is 5.51. The van der Waals surface area contributed by atoms with Crippen molar-refractivity contribution in [3.8, 4) is 0 Å². The van der Waals surface area contributed by atoms with Gasteiger partial charge in [0.25, 0.3) is 0 Å². The third-order valence-electron chi connectivity index (χ3n) is 7.08. The van der Waals surface area contributed by atoms with Crippen LogP contribution in [0.3, 0.4) is 0 Å². The third kappa shape index (κ3) is 4.79. The monoisotopic (exact) mass is 438 g/mol. The van der Waals surface area contributed by atoms with Crippen molar-refractivity contribution in [2.45, 2.75) is 43.1 Å². The summed E-state index contributed by atoms with van der Waals surface area (Å²) in [4.78, 5) is 7.86. The normalized spacial score (nSPS) is 23.1. The van der Waals surface area contributed by atoms with Gasteiger partial charge in [0.15, 0.2) is 5.79 Å². The second-order valence-electron chi connectivity index (χ2n) is 8.92. The number of allylic oxidation sites excluding steroid dienone is 1. The maximum atomic E-state index is 8.00. The van der Waals surface area contributed by atoms with Crippen molar-refractivity contribution in [1.82, 2.24) is 0 Å². The minimum atomic E-state index is -1.15. The van der Waals surface area contributed by atoms with Crippen LogP contribution in [-0.4, -0.2) is 24.7 Å². The predicted octanol–water partition coefficient (Wildman–Crippen LogP) is 6.75. The van der Waals surface area contributed by atoms with Gasteiger partial charge in [0, 0.05) is 18.8 Å². The van der Waals surface area contributed by atoms with Gasteiger partial charge in [-0.05, 0) is 23.5 Å². The van der Waals surface area contributed by atoms with E-state index in [2.05, 4.69) is 64.8 Å². The second-order valence-corrected chi connectivity index (χ2v) is 8.92. The fourth-order valence-electron chi connectivity index (χ4n) is 5.50. The van der Waals surface area contributed by atoms with E-state index < -0.39 is 11.4 Å². The van der Waals surface area contributed by atoms with Gasteiger partial charge in [-0.15, -0.1) is 6.58 Å². The van der Waals surface area contributed by atoms with Gasteiger partial charge in [-0.25, -0.2) is 22.8 Å². The highest BCUT2D eigenvalue weighted by Gasteiger charge is 2.61. The van der Waals surface area contributed by atoms with Gasteiger partial charge in [0.1, 0.15) is 12.3 Å². The molecule has 3 atom stereocenters. The summed E-state index contributed by atoms with van der Waals surface area (Å²) >= 11 is 0. The molecule has 33 heavy (non-hydrogen) atoms. The molecule has 2 aliphatic rings. The zero-order valence-electron chi connectivity index (χ0n) is 18.9. The fraction of sp³-hybridized carbons (Fsp3) is 0.379. The van der Waals surface area contributed by atoms with E-state index in [0.717, 1.165) is 5.56 Å². The van der Waals surface area contributed by atoms with E-state index in [9.17, 15) is 0 Å². The zero-order valence-corrected chi connectivity index (χ0v) is 18.9. The molecule has 2 aromatic carbocycles. The Morgan fingerprint density at radius 2 is 1.67 bits per heavy atom. The first-order valence-corrected chi connectivity index (χ1v) is 11.6. The summed E-state index contributed by atoms with van der Waals surface area (Å²) < 4.78 is 12.3. The summed E-state index contributed by atoms with van der Waals surface area (Å²) in [7, 11) is 0. The third-order valence-corrected chi connectivity index (χ3v) is 7.08. The van der Waals surface area contributed by atoms with Crippen LogP contribution >= 0.6 is 0 Å². The molecule has 1 heterocycles. The van der Waals surface area contributed by atoms with Crippen LogP contribution in [0.5, 0.6) is 0 Å². The Hall–Kier alpha value is -3.18. The lowest BCUT2D eigenvalue weighted by Gasteiger charge is -2.43. The van der Waals surface area contributed by atoms with E-state index in [4.69, 9.17) is 22.6 Å². The van der Waals surface area contributed by atoms with Crippen molar-refractivity contribution >= 4 is 6.08 Å². The minimum absolute atomic E-state index is 0.0161. The van der Waals surface area contributed by atoms with E-state index in [1.54, 1.807) is 6.08 Å². The van der Waals surface area contributed by atoms with E-state index in [-0.39, 0.29) is 17.8 Å². The number of nitrogens with zero attached hydrogens (tertiary/aromatic N) is 2. The Morgan fingerprint density at radius 1 is 1.03 bits per heavy atom. The van der Waals surface area contributed by atoms with E-state index in [0.29, 0.717) is 38.9 Å². The van der Waals surface area contributed by atoms with Crippen LogP contribution in [0.15, 0.2) is 79.4 Å².